The normalized spacial score (nSPS) is 14.8. The first kappa shape index (κ1) is 24.6. The Bertz CT molecular complexity index is 1110. The minimum absolute atomic E-state index is 0.0579. The van der Waals surface area contributed by atoms with E-state index >= 15 is 0 Å². The number of amides is 1. The van der Waals surface area contributed by atoms with Crippen LogP contribution in [-0.4, -0.2) is 52.5 Å². The third kappa shape index (κ3) is 6.06. The van der Waals surface area contributed by atoms with Crippen molar-refractivity contribution >= 4 is 27.7 Å². The smallest absolute Gasteiger partial charge is 0.248 e. The number of nitrogens with zero attached hydrogens (tertiary/aromatic N) is 1. The molecule has 0 atom stereocenters. The fourth-order valence-corrected chi connectivity index (χ4v) is 5.30. The van der Waals surface area contributed by atoms with Crippen LogP contribution in [0.2, 0.25) is 0 Å². The molecule has 3 rings (SSSR count). The van der Waals surface area contributed by atoms with Crippen molar-refractivity contribution < 1.29 is 27.4 Å². The summed E-state index contributed by atoms with van der Waals surface area (Å²) < 4.78 is 44.1. The van der Waals surface area contributed by atoms with Crippen molar-refractivity contribution in [2.24, 2.45) is 0 Å². The number of carbonyl (C=O) groups is 1. The molecular weight excluding hydrogens is 444 g/mol. The zero-order valence-corrected chi connectivity index (χ0v) is 20.0. The monoisotopic (exact) mass is 474 g/mol. The molecule has 0 spiro atoms. The Balaban J connectivity index is 1.83. The maximum Gasteiger partial charge on any atom is 0.248 e. The number of rotatable bonds is 9. The number of hydrogen-bond donors (Lipinski definition) is 1. The maximum absolute atomic E-state index is 13.3. The van der Waals surface area contributed by atoms with Gasteiger partial charge in [0, 0.05) is 30.4 Å². The van der Waals surface area contributed by atoms with Crippen LogP contribution in [0.1, 0.15) is 31.7 Å². The molecule has 1 N–H and O–H groups in total. The van der Waals surface area contributed by atoms with Gasteiger partial charge in [-0.05, 0) is 62.2 Å². The number of sulfonamides is 1. The fraction of sp³-hybridized carbons (Fsp3) is 0.375. The van der Waals surface area contributed by atoms with E-state index in [2.05, 4.69) is 5.32 Å². The lowest BCUT2D eigenvalue weighted by Crippen LogP contribution is -2.35. The topological polar surface area (TPSA) is 94.2 Å². The van der Waals surface area contributed by atoms with Crippen molar-refractivity contribution in [3.63, 3.8) is 0 Å². The molecule has 33 heavy (non-hydrogen) atoms. The molecular formula is C24H30N2O6S. The number of anilines is 1. The van der Waals surface area contributed by atoms with Crippen molar-refractivity contribution in [3.8, 4) is 17.2 Å². The molecule has 0 saturated carbocycles. The van der Waals surface area contributed by atoms with Gasteiger partial charge in [0.15, 0.2) is 0 Å². The first-order valence-corrected chi connectivity index (χ1v) is 12.3. The minimum Gasteiger partial charge on any atom is -0.497 e. The van der Waals surface area contributed by atoms with E-state index < -0.39 is 15.9 Å². The quantitative estimate of drug-likeness (QED) is 0.554. The number of methoxy groups -OCH3 is 2. The SMILES string of the molecule is CCOc1ccc(NC(=O)C=Cc2cc(OC)ccc2OC)cc1S(=O)(=O)N1CCCCC1. The third-order valence-electron chi connectivity index (χ3n) is 5.30. The Kier molecular flexibility index (Phi) is 8.35. The van der Waals surface area contributed by atoms with E-state index in [1.165, 1.54) is 16.4 Å². The van der Waals surface area contributed by atoms with Gasteiger partial charge < -0.3 is 19.5 Å². The van der Waals surface area contributed by atoms with Gasteiger partial charge in [0.05, 0.1) is 20.8 Å². The second-order valence-electron chi connectivity index (χ2n) is 7.49. The van der Waals surface area contributed by atoms with Crippen LogP contribution in [0.25, 0.3) is 6.08 Å². The van der Waals surface area contributed by atoms with Crippen LogP contribution in [0.5, 0.6) is 17.2 Å². The number of carbonyl (C=O) groups excluding carboxylic acids is 1. The first-order chi connectivity index (χ1) is 15.9. The number of hydrogen-bond acceptors (Lipinski definition) is 6. The van der Waals surface area contributed by atoms with Gasteiger partial charge in [-0.25, -0.2) is 8.42 Å². The third-order valence-corrected chi connectivity index (χ3v) is 7.21. The molecule has 1 aliphatic rings. The molecule has 1 heterocycles. The lowest BCUT2D eigenvalue weighted by atomic mass is 10.1. The number of ether oxygens (including phenoxy) is 3. The van der Waals surface area contributed by atoms with E-state index in [0.29, 0.717) is 42.4 Å². The zero-order chi connectivity index (χ0) is 23.8. The summed E-state index contributed by atoms with van der Waals surface area (Å²) in [6.07, 6.45) is 5.64. The van der Waals surface area contributed by atoms with E-state index in [9.17, 15) is 13.2 Å². The summed E-state index contributed by atoms with van der Waals surface area (Å²) in [7, 11) is -0.632. The van der Waals surface area contributed by atoms with Gasteiger partial charge in [-0.2, -0.15) is 4.31 Å². The van der Waals surface area contributed by atoms with Gasteiger partial charge >= 0.3 is 0 Å². The van der Waals surface area contributed by atoms with Crippen LogP contribution in [0.4, 0.5) is 5.69 Å². The molecule has 0 radical (unpaired) electrons. The fourth-order valence-electron chi connectivity index (χ4n) is 3.63. The molecule has 2 aromatic carbocycles. The standard InChI is InChI=1S/C24H30N2O6S/c1-4-32-22-11-9-19(17-23(22)33(28,29)26-14-6-5-7-15-26)25-24(27)13-8-18-16-20(30-2)10-12-21(18)31-3/h8-13,16-17H,4-7,14-15H2,1-3H3,(H,25,27). The van der Waals surface area contributed by atoms with E-state index in [1.807, 2.05) is 0 Å². The predicted octanol–water partition coefficient (Wildman–Crippen LogP) is 3.93. The largest absolute Gasteiger partial charge is 0.497 e. The lowest BCUT2D eigenvalue weighted by Gasteiger charge is -2.26. The highest BCUT2D eigenvalue weighted by molar-refractivity contribution is 7.89. The summed E-state index contributed by atoms with van der Waals surface area (Å²) in [4.78, 5) is 12.6. The van der Waals surface area contributed by atoms with E-state index in [1.54, 1.807) is 57.6 Å². The lowest BCUT2D eigenvalue weighted by molar-refractivity contribution is -0.111. The van der Waals surface area contributed by atoms with Gasteiger partial charge in [-0.15, -0.1) is 0 Å². The molecule has 8 nitrogen and oxygen atoms in total. The molecule has 0 bridgehead atoms. The minimum atomic E-state index is -3.74. The molecule has 9 heteroatoms. The van der Waals surface area contributed by atoms with E-state index in [0.717, 1.165) is 19.3 Å². The average Bonchev–Trinajstić information content (AvgIpc) is 2.84. The van der Waals surface area contributed by atoms with Crippen molar-refractivity contribution in [1.29, 1.82) is 0 Å². The summed E-state index contributed by atoms with van der Waals surface area (Å²) in [6.45, 7) is 3.09. The van der Waals surface area contributed by atoms with Crippen LogP contribution >= 0.6 is 0 Å². The molecule has 1 fully saturated rings. The van der Waals surface area contributed by atoms with Gasteiger partial charge in [0.1, 0.15) is 22.1 Å². The Labute approximate surface area is 195 Å². The van der Waals surface area contributed by atoms with Crippen LogP contribution in [0, 0.1) is 0 Å². The van der Waals surface area contributed by atoms with Crippen molar-refractivity contribution in [1.82, 2.24) is 4.31 Å². The Hall–Kier alpha value is -3.04. The van der Waals surface area contributed by atoms with Gasteiger partial charge in [0.2, 0.25) is 15.9 Å². The van der Waals surface area contributed by atoms with Gasteiger partial charge in [-0.1, -0.05) is 6.42 Å². The van der Waals surface area contributed by atoms with Gasteiger partial charge in [-0.3, -0.25) is 4.79 Å². The number of benzene rings is 2. The first-order valence-electron chi connectivity index (χ1n) is 10.9. The van der Waals surface area contributed by atoms with E-state index in [4.69, 9.17) is 14.2 Å². The highest BCUT2D eigenvalue weighted by atomic mass is 32.2. The Morgan fingerprint density at radius 2 is 1.76 bits per heavy atom. The summed E-state index contributed by atoms with van der Waals surface area (Å²) >= 11 is 0. The molecule has 1 aliphatic heterocycles. The summed E-state index contributed by atoms with van der Waals surface area (Å²) in [5, 5.41) is 2.73. The van der Waals surface area contributed by atoms with Crippen molar-refractivity contribution in [2.45, 2.75) is 31.1 Å². The van der Waals surface area contributed by atoms with Crippen LogP contribution in [0.15, 0.2) is 47.4 Å². The second-order valence-corrected chi connectivity index (χ2v) is 9.40. The summed E-state index contributed by atoms with van der Waals surface area (Å²) in [5.74, 6) is 1.09. The molecule has 0 aliphatic carbocycles. The molecule has 1 saturated heterocycles. The van der Waals surface area contributed by atoms with E-state index in [-0.39, 0.29) is 10.6 Å². The summed E-state index contributed by atoms with van der Waals surface area (Å²) in [6, 6.07) is 9.92. The number of piperidine rings is 1. The highest BCUT2D eigenvalue weighted by Crippen LogP contribution is 2.31. The molecule has 0 unspecified atom stereocenters. The second kappa shape index (κ2) is 11.2. The molecule has 1 amide bonds. The highest BCUT2D eigenvalue weighted by Gasteiger charge is 2.29. The molecule has 2 aromatic rings. The van der Waals surface area contributed by atoms with Crippen LogP contribution in [0.3, 0.4) is 0 Å². The van der Waals surface area contributed by atoms with Gasteiger partial charge in [0.25, 0.3) is 0 Å². The zero-order valence-electron chi connectivity index (χ0n) is 19.2. The van der Waals surface area contributed by atoms with Crippen LogP contribution < -0.4 is 19.5 Å². The molecule has 0 aromatic heterocycles. The number of nitrogens with one attached hydrogen (secondary N) is 1. The molecule has 178 valence electrons. The predicted molar refractivity (Wildman–Crippen MR) is 127 cm³/mol. The van der Waals surface area contributed by atoms with Crippen molar-refractivity contribution in [2.75, 3.05) is 39.2 Å². The van der Waals surface area contributed by atoms with Crippen molar-refractivity contribution in [3.05, 3.63) is 48.0 Å². The van der Waals surface area contributed by atoms with Crippen LogP contribution in [-0.2, 0) is 14.8 Å². The Morgan fingerprint density at radius 3 is 2.42 bits per heavy atom. The Morgan fingerprint density at radius 1 is 1.03 bits per heavy atom. The average molecular weight is 475 g/mol. The maximum atomic E-state index is 13.3. The summed E-state index contributed by atoms with van der Waals surface area (Å²) in [5.41, 5.74) is 1.04.